The zero-order chi connectivity index (χ0) is 14.8. The van der Waals surface area contributed by atoms with Gasteiger partial charge in [0.25, 0.3) is 0 Å². The number of carbonyl (C=O) groups is 1. The number of benzene rings is 1. The number of urea groups is 1. The molecule has 0 unspecified atom stereocenters. The molecule has 0 atom stereocenters. The van der Waals surface area contributed by atoms with Gasteiger partial charge >= 0.3 is 6.03 Å². The Morgan fingerprint density at radius 3 is 2.86 bits per heavy atom. The Bertz CT molecular complexity index is 652. The van der Waals surface area contributed by atoms with Crippen molar-refractivity contribution in [2.75, 3.05) is 23.7 Å². The van der Waals surface area contributed by atoms with Crippen molar-refractivity contribution in [3.63, 3.8) is 0 Å². The number of carbonyl (C=O) groups excluding carboxylic acids is 1. The highest BCUT2D eigenvalue weighted by atomic mass is 16.2. The molecule has 7 nitrogen and oxygen atoms in total. The molecule has 2 amide bonds. The van der Waals surface area contributed by atoms with Crippen molar-refractivity contribution in [3.05, 3.63) is 36.4 Å². The zero-order valence-corrected chi connectivity index (χ0v) is 11.9. The van der Waals surface area contributed by atoms with Gasteiger partial charge in [-0.15, -0.1) is 0 Å². The number of amides is 2. The van der Waals surface area contributed by atoms with Crippen LogP contribution in [-0.4, -0.2) is 38.8 Å². The second kappa shape index (κ2) is 5.43. The fraction of sp³-hybridized carbons (Fsp3) is 0.357. The lowest BCUT2D eigenvalue weighted by Crippen LogP contribution is -2.32. The molecule has 0 bridgehead atoms. The molecule has 1 saturated heterocycles. The summed E-state index contributed by atoms with van der Waals surface area (Å²) in [6.45, 7) is 4.50. The van der Waals surface area contributed by atoms with Crippen molar-refractivity contribution in [2.45, 2.75) is 20.0 Å². The van der Waals surface area contributed by atoms with E-state index in [0.29, 0.717) is 25.3 Å². The first-order valence-electron chi connectivity index (χ1n) is 6.98. The van der Waals surface area contributed by atoms with E-state index in [9.17, 15) is 4.79 Å². The van der Waals surface area contributed by atoms with Crippen LogP contribution in [0.3, 0.4) is 0 Å². The standard InChI is InChI=1S/C14H18N6O/c1-2-20-13(16-10-17-20)9-18-7-8-19(14(18)21)12-6-4-3-5-11(12)15/h3-6,10H,2,7-9,15H2,1H3. The van der Waals surface area contributed by atoms with Gasteiger partial charge in [0, 0.05) is 19.6 Å². The zero-order valence-electron chi connectivity index (χ0n) is 11.9. The van der Waals surface area contributed by atoms with Crippen LogP contribution in [0.2, 0.25) is 0 Å². The molecule has 7 heteroatoms. The number of para-hydroxylation sites is 2. The predicted molar refractivity (Wildman–Crippen MR) is 79.7 cm³/mol. The Hall–Kier alpha value is -2.57. The highest BCUT2D eigenvalue weighted by molar-refractivity contribution is 5.96. The number of anilines is 2. The number of nitrogens with zero attached hydrogens (tertiary/aromatic N) is 5. The van der Waals surface area contributed by atoms with E-state index < -0.39 is 0 Å². The van der Waals surface area contributed by atoms with Crippen molar-refractivity contribution in [3.8, 4) is 0 Å². The predicted octanol–water partition coefficient (Wildman–Crippen LogP) is 1.32. The van der Waals surface area contributed by atoms with Gasteiger partial charge < -0.3 is 10.6 Å². The number of hydrogen-bond acceptors (Lipinski definition) is 4. The number of aromatic nitrogens is 3. The average molecular weight is 286 g/mol. The lowest BCUT2D eigenvalue weighted by Gasteiger charge is -2.19. The SMILES string of the molecule is CCn1ncnc1CN1CCN(c2ccccc2N)C1=O. The molecule has 1 aliphatic heterocycles. The monoisotopic (exact) mass is 286 g/mol. The maximum Gasteiger partial charge on any atom is 0.325 e. The van der Waals surface area contributed by atoms with Crippen molar-refractivity contribution >= 4 is 17.4 Å². The fourth-order valence-electron chi connectivity index (χ4n) is 2.53. The Morgan fingerprint density at radius 2 is 2.10 bits per heavy atom. The molecule has 110 valence electrons. The van der Waals surface area contributed by atoms with Crippen molar-refractivity contribution in [1.82, 2.24) is 19.7 Å². The lowest BCUT2D eigenvalue weighted by atomic mass is 10.2. The third-order valence-corrected chi connectivity index (χ3v) is 3.65. The van der Waals surface area contributed by atoms with Gasteiger partial charge in [-0.2, -0.15) is 5.10 Å². The van der Waals surface area contributed by atoms with Gasteiger partial charge in [0.2, 0.25) is 0 Å². The van der Waals surface area contributed by atoms with Crippen LogP contribution in [0.15, 0.2) is 30.6 Å². The minimum Gasteiger partial charge on any atom is -0.397 e. The summed E-state index contributed by atoms with van der Waals surface area (Å²) in [7, 11) is 0. The first kappa shape index (κ1) is 13.4. The van der Waals surface area contributed by atoms with Crippen LogP contribution in [0.25, 0.3) is 0 Å². The summed E-state index contributed by atoms with van der Waals surface area (Å²) in [6.07, 6.45) is 1.52. The molecule has 21 heavy (non-hydrogen) atoms. The van der Waals surface area contributed by atoms with Crippen LogP contribution >= 0.6 is 0 Å². The van der Waals surface area contributed by atoms with Crippen LogP contribution in [0.1, 0.15) is 12.7 Å². The summed E-state index contributed by atoms with van der Waals surface area (Å²) >= 11 is 0. The van der Waals surface area contributed by atoms with Crippen LogP contribution in [0.4, 0.5) is 16.2 Å². The molecule has 1 fully saturated rings. The molecule has 2 N–H and O–H groups in total. The van der Waals surface area contributed by atoms with Gasteiger partial charge in [0.15, 0.2) is 0 Å². The summed E-state index contributed by atoms with van der Waals surface area (Å²) in [5.74, 6) is 0.800. The van der Waals surface area contributed by atoms with Crippen molar-refractivity contribution in [1.29, 1.82) is 0 Å². The minimum atomic E-state index is -0.0430. The first-order valence-corrected chi connectivity index (χ1v) is 6.98. The molecule has 0 spiro atoms. The minimum absolute atomic E-state index is 0.0430. The van der Waals surface area contributed by atoms with E-state index in [4.69, 9.17) is 5.73 Å². The molecule has 2 aromatic rings. The quantitative estimate of drug-likeness (QED) is 0.860. The molecule has 3 rings (SSSR count). The number of rotatable bonds is 4. The largest absolute Gasteiger partial charge is 0.397 e. The first-order chi connectivity index (χ1) is 10.2. The molecular weight excluding hydrogens is 268 g/mol. The van der Waals surface area contributed by atoms with Gasteiger partial charge in [0.1, 0.15) is 12.2 Å². The van der Waals surface area contributed by atoms with E-state index in [2.05, 4.69) is 10.1 Å². The molecule has 1 aromatic heterocycles. The smallest absolute Gasteiger partial charge is 0.325 e. The molecule has 2 heterocycles. The Balaban J connectivity index is 1.77. The molecule has 0 saturated carbocycles. The van der Waals surface area contributed by atoms with Gasteiger partial charge in [-0.1, -0.05) is 12.1 Å². The van der Waals surface area contributed by atoms with Gasteiger partial charge in [-0.3, -0.25) is 4.90 Å². The number of hydrogen-bond donors (Lipinski definition) is 1. The summed E-state index contributed by atoms with van der Waals surface area (Å²) in [5, 5.41) is 4.13. The molecule has 1 aliphatic rings. The summed E-state index contributed by atoms with van der Waals surface area (Å²) < 4.78 is 1.80. The van der Waals surface area contributed by atoms with Crippen molar-refractivity contribution < 1.29 is 4.79 Å². The van der Waals surface area contributed by atoms with E-state index in [1.54, 1.807) is 20.5 Å². The Labute approximate surface area is 123 Å². The second-order valence-electron chi connectivity index (χ2n) is 4.91. The maximum atomic E-state index is 12.5. The van der Waals surface area contributed by atoms with Gasteiger partial charge in [-0.25, -0.2) is 14.5 Å². The van der Waals surface area contributed by atoms with Gasteiger partial charge in [0.05, 0.1) is 17.9 Å². The highest BCUT2D eigenvalue weighted by Gasteiger charge is 2.31. The topological polar surface area (TPSA) is 80.3 Å². The normalized spacial score (nSPS) is 15.0. The fourth-order valence-corrected chi connectivity index (χ4v) is 2.53. The third-order valence-electron chi connectivity index (χ3n) is 3.65. The maximum absolute atomic E-state index is 12.5. The van der Waals surface area contributed by atoms with Crippen LogP contribution in [0, 0.1) is 0 Å². The highest BCUT2D eigenvalue weighted by Crippen LogP contribution is 2.26. The van der Waals surface area contributed by atoms with Crippen molar-refractivity contribution in [2.24, 2.45) is 0 Å². The number of nitrogens with two attached hydrogens (primary N) is 1. The van der Waals surface area contributed by atoms with Gasteiger partial charge in [-0.05, 0) is 19.1 Å². The summed E-state index contributed by atoms with van der Waals surface area (Å²) in [5.41, 5.74) is 7.33. The Kier molecular flexibility index (Phi) is 3.47. The van der Waals surface area contributed by atoms with E-state index in [1.807, 2.05) is 25.1 Å². The number of nitrogen functional groups attached to an aromatic ring is 1. The lowest BCUT2D eigenvalue weighted by molar-refractivity contribution is 0.216. The summed E-state index contributed by atoms with van der Waals surface area (Å²) in [4.78, 5) is 20.2. The molecular formula is C14H18N6O. The molecule has 0 aliphatic carbocycles. The van der Waals surface area contributed by atoms with Crippen LogP contribution < -0.4 is 10.6 Å². The van der Waals surface area contributed by atoms with E-state index in [1.165, 1.54) is 6.33 Å². The average Bonchev–Trinajstić information content (AvgIpc) is 3.08. The molecule has 1 aromatic carbocycles. The third kappa shape index (κ3) is 2.42. The van der Waals surface area contributed by atoms with E-state index in [0.717, 1.165) is 18.1 Å². The van der Waals surface area contributed by atoms with Crippen LogP contribution in [-0.2, 0) is 13.1 Å². The molecule has 0 radical (unpaired) electrons. The Morgan fingerprint density at radius 1 is 1.29 bits per heavy atom. The number of aryl methyl sites for hydroxylation is 1. The van der Waals surface area contributed by atoms with E-state index >= 15 is 0 Å². The summed E-state index contributed by atoms with van der Waals surface area (Å²) in [6, 6.07) is 7.37. The second-order valence-corrected chi connectivity index (χ2v) is 4.91. The van der Waals surface area contributed by atoms with Crippen LogP contribution in [0.5, 0.6) is 0 Å². The van der Waals surface area contributed by atoms with E-state index in [-0.39, 0.29) is 6.03 Å².